The van der Waals surface area contributed by atoms with Gasteiger partial charge in [0.25, 0.3) is 0 Å². The molecule has 2 rings (SSSR count). The molecule has 0 aliphatic carbocycles. The average molecular weight is 235 g/mol. The van der Waals surface area contributed by atoms with Crippen molar-refractivity contribution >= 4 is 0 Å². The van der Waals surface area contributed by atoms with Gasteiger partial charge in [0.05, 0.1) is 12.7 Å². The molecular weight excluding hydrogens is 214 g/mol. The lowest BCUT2D eigenvalue weighted by Gasteiger charge is -2.21. The van der Waals surface area contributed by atoms with E-state index in [1.165, 1.54) is 10.6 Å². The lowest BCUT2D eigenvalue weighted by atomic mass is 10.1. The van der Waals surface area contributed by atoms with Crippen molar-refractivity contribution in [3.8, 4) is 0 Å². The average Bonchev–Trinajstić information content (AvgIpc) is 2.74. The number of hydrogen-bond donors (Lipinski definition) is 1. The largest absolute Gasteiger partial charge is 0.374 e. The molecular formula is C14H21NO2. The van der Waals surface area contributed by atoms with E-state index in [0.717, 1.165) is 25.8 Å². The molecule has 3 nitrogen and oxygen atoms in total. The first-order valence-corrected chi connectivity index (χ1v) is 6.37. The topological polar surface area (TPSA) is 32.7 Å². The molecule has 17 heavy (non-hydrogen) atoms. The number of ether oxygens (including phenoxy) is 1. The van der Waals surface area contributed by atoms with Gasteiger partial charge >= 0.3 is 0 Å². The van der Waals surface area contributed by atoms with E-state index in [0.29, 0.717) is 6.61 Å². The first kappa shape index (κ1) is 12.6. The molecule has 0 saturated carbocycles. The van der Waals surface area contributed by atoms with Crippen LogP contribution in [0.5, 0.6) is 0 Å². The smallest absolute Gasteiger partial charge is 0.0720 e. The molecule has 1 N–H and O–H groups in total. The molecule has 0 aromatic heterocycles. The van der Waals surface area contributed by atoms with Crippen LogP contribution in [0.1, 0.15) is 31.7 Å². The van der Waals surface area contributed by atoms with Gasteiger partial charge in [-0.25, -0.2) is 0 Å². The minimum atomic E-state index is 0.188. The van der Waals surface area contributed by atoms with E-state index in [1.807, 2.05) is 18.2 Å². The minimum Gasteiger partial charge on any atom is -0.374 e. The van der Waals surface area contributed by atoms with Gasteiger partial charge in [-0.3, -0.25) is 0 Å². The minimum absolute atomic E-state index is 0.188. The Labute approximate surface area is 103 Å². The van der Waals surface area contributed by atoms with Gasteiger partial charge in [0, 0.05) is 12.6 Å². The maximum atomic E-state index is 9.60. The second-order valence-electron chi connectivity index (χ2n) is 4.80. The highest BCUT2D eigenvalue weighted by atomic mass is 16.5. The molecule has 0 bridgehead atoms. The number of rotatable bonds is 5. The molecule has 3 heteroatoms. The number of hydroxylamine groups is 2. The fourth-order valence-corrected chi connectivity index (χ4v) is 2.32. The molecule has 2 atom stereocenters. The van der Waals surface area contributed by atoms with Gasteiger partial charge in [-0.2, -0.15) is 5.06 Å². The predicted octanol–water partition coefficient (Wildman–Crippen LogP) is 2.84. The molecule has 1 saturated heterocycles. The summed E-state index contributed by atoms with van der Waals surface area (Å²) in [5.41, 5.74) is 1.20. The Balaban J connectivity index is 1.72. The van der Waals surface area contributed by atoms with Gasteiger partial charge in [-0.1, -0.05) is 30.3 Å². The zero-order valence-electron chi connectivity index (χ0n) is 10.4. The van der Waals surface area contributed by atoms with E-state index in [4.69, 9.17) is 4.74 Å². The van der Waals surface area contributed by atoms with Crippen LogP contribution in [0, 0.1) is 0 Å². The zero-order chi connectivity index (χ0) is 12.1. The Morgan fingerprint density at radius 2 is 2.18 bits per heavy atom. The Morgan fingerprint density at radius 1 is 1.41 bits per heavy atom. The third kappa shape index (κ3) is 3.80. The Morgan fingerprint density at radius 3 is 2.82 bits per heavy atom. The van der Waals surface area contributed by atoms with Crippen LogP contribution in [-0.4, -0.2) is 29.0 Å². The molecule has 1 aromatic rings. The van der Waals surface area contributed by atoms with Crippen molar-refractivity contribution < 1.29 is 9.94 Å². The maximum absolute atomic E-state index is 9.60. The number of benzene rings is 1. The van der Waals surface area contributed by atoms with Crippen LogP contribution in [0.3, 0.4) is 0 Å². The van der Waals surface area contributed by atoms with Crippen LogP contribution in [0.2, 0.25) is 0 Å². The first-order chi connectivity index (χ1) is 8.25. The second kappa shape index (κ2) is 6.15. The zero-order valence-corrected chi connectivity index (χ0v) is 10.4. The summed E-state index contributed by atoms with van der Waals surface area (Å²) in [4.78, 5) is 0. The van der Waals surface area contributed by atoms with E-state index in [2.05, 4.69) is 19.1 Å². The lowest BCUT2D eigenvalue weighted by molar-refractivity contribution is -0.114. The Bertz CT molecular complexity index is 328. The van der Waals surface area contributed by atoms with Crippen LogP contribution in [0.25, 0.3) is 0 Å². The van der Waals surface area contributed by atoms with Crippen LogP contribution >= 0.6 is 0 Å². The first-order valence-electron chi connectivity index (χ1n) is 6.37. The lowest BCUT2D eigenvalue weighted by Crippen LogP contribution is -2.29. The molecule has 0 radical (unpaired) electrons. The standard InChI is InChI=1S/C14H21NO2/c1-12(10-14-8-5-9-15(14)16)17-11-13-6-3-2-4-7-13/h2-4,6-7,12,14,16H,5,8-11H2,1H3/t12-,14+/m0/s1. The Kier molecular flexibility index (Phi) is 4.54. The molecule has 1 aromatic carbocycles. The molecule has 0 unspecified atom stereocenters. The van der Waals surface area contributed by atoms with Crippen molar-refractivity contribution in [2.24, 2.45) is 0 Å². The van der Waals surface area contributed by atoms with Gasteiger partial charge in [0.1, 0.15) is 0 Å². The molecule has 1 aliphatic heterocycles. The van der Waals surface area contributed by atoms with E-state index >= 15 is 0 Å². The highest BCUT2D eigenvalue weighted by molar-refractivity contribution is 5.13. The summed E-state index contributed by atoms with van der Waals surface area (Å²) in [6, 6.07) is 10.5. The molecule has 1 heterocycles. The van der Waals surface area contributed by atoms with Crippen LogP contribution in [0.15, 0.2) is 30.3 Å². The monoisotopic (exact) mass is 235 g/mol. The van der Waals surface area contributed by atoms with Gasteiger partial charge < -0.3 is 9.94 Å². The summed E-state index contributed by atoms with van der Waals surface area (Å²) in [5, 5.41) is 11.1. The van der Waals surface area contributed by atoms with Crippen molar-refractivity contribution in [1.29, 1.82) is 0 Å². The van der Waals surface area contributed by atoms with Crippen molar-refractivity contribution in [1.82, 2.24) is 5.06 Å². The van der Waals surface area contributed by atoms with Gasteiger partial charge in [0.15, 0.2) is 0 Å². The summed E-state index contributed by atoms with van der Waals surface area (Å²) in [7, 11) is 0. The van der Waals surface area contributed by atoms with E-state index < -0.39 is 0 Å². The molecule has 94 valence electrons. The van der Waals surface area contributed by atoms with Gasteiger partial charge in [-0.15, -0.1) is 0 Å². The van der Waals surface area contributed by atoms with Crippen LogP contribution in [0.4, 0.5) is 0 Å². The van der Waals surface area contributed by atoms with Crippen LogP contribution < -0.4 is 0 Å². The molecule has 1 fully saturated rings. The number of nitrogens with zero attached hydrogens (tertiary/aromatic N) is 1. The van der Waals surface area contributed by atoms with Gasteiger partial charge in [0.2, 0.25) is 0 Å². The van der Waals surface area contributed by atoms with Gasteiger partial charge in [-0.05, 0) is 31.7 Å². The number of hydrogen-bond acceptors (Lipinski definition) is 3. The van der Waals surface area contributed by atoms with Crippen molar-refractivity contribution in [3.63, 3.8) is 0 Å². The summed E-state index contributed by atoms with van der Waals surface area (Å²) in [5.74, 6) is 0. The normalized spacial score (nSPS) is 22.8. The molecule has 0 spiro atoms. The summed E-state index contributed by atoms with van der Waals surface area (Å²) < 4.78 is 5.80. The fraction of sp³-hybridized carbons (Fsp3) is 0.571. The highest BCUT2D eigenvalue weighted by Gasteiger charge is 2.24. The highest BCUT2D eigenvalue weighted by Crippen LogP contribution is 2.20. The van der Waals surface area contributed by atoms with Crippen molar-refractivity contribution in [2.45, 2.75) is 44.9 Å². The van der Waals surface area contributed by atoms with Crippen molar-refractivity contribution in [3.05, 3.63) is 35.9 Å². The summed E-state index contributed by atoms with van der Waals surface area (Å²) in [6.45, 7) is 3.53. The molecule has 0 amide bonds. The Hall–Kier alpha value is -0.900. The summed E-state index contributed by atoms with van der Waals surface area (Å²) >= 11 is 0. The fourth-order valence-electron chi connectivity index (χ4n) is 2.32. The van der Waals surface area contributed by atoms with Crippen LogP contribution in [-0.2, 0) is 11.3 Å². The van der Waals surface area contributed by atoms with Crippen molar-refractivity contribution in [2.75, 3.05) is 6.54 Å². The maximum Gasteiger partial charge on any atom is 0.0720 e. The molecule has 1 aliphatic rings. The summed E-state index contributed by atoms with van der Waals surface area (Å²) in [6.07, 6.45) is 3.26. The van der Waals surface area contributed by atoms with E-state index in [9.17, 15) is 5.21 Å². The predicted molar refractivity (Wildman–Crippen MR) is 66.8 cm³/mol. The SMILES string of the molecule is C[C@@H](C[C@H]1CCCN1O)OCc1ccccc1. The van der Waals surface area contributed by atoms with E-state index in [1.54, 1.807) is 0 Å². The third-order valence-electron chi connectivity index (χ3n) is 3.33. The third-order valence-corrected chi connectivity index (χ3v) is 3.33. The quantitative estimate of drug-likeness (QED) is 0.851. The second-order valence-corrected chi connectivity index (χ2v) is 4.80. The van der Waals surface area contributed by atoms with E-state index in [-0.39, 0.29) is 12.1 Å².